The number of anilines is 1. The molecule has 0 bridgehead atoms. The van der Waals surface area contributed by atoms with Crippen molar-refractivity contribution in [3.8, 4) is 5.75 Å². The second kappa shape index (κ2) is 9.79. The second-order valence-corrected chi connectivity index (χ2v) is 9.59. The maximum Gasteiger partial charge on any atom is 0.259 e. The average Bonchev–Trinajstić information content (AvgIpc) is 3.13. The van der Waals surface area contributed by atoms with E-state index >= 15 is 0 Å². The van der Waals surface area contributed by atoms with E-state index in [-0.39, 0.29) is 11.8 Å². The molecule has 7 nitrogen and oxygen atoms in total. The van der Waals surface area contributed by atoms with Crippen molar-refractivity contribution in [3.63, 3.8) is 0 Å². The third-order valence-corrected chi connectivity index (χ3v) is 6.83. The van der Waals surface area contributed by atoms with E-state index < -0.39 is 11.3 Å². The lowest BCUT2D eigenvalue weighted by Crippen LogP contribution is -2.42. The monoisotopic (exact) mass is 464 g/mol. The number of ether oxygens (including phenoxy) is 1. The second-order valence-electron chi connectivity index (χ2n) is 8.42. The van der Waals surface area contributed by atoms with Gasteiger partial charge in [-0.1, -0.05) is 44.7 Å². The Morgan fingerprint density at radius 2 is 1.91 bits per heavy atom. The maximum absolute atomic E-state index is 13.3. The highest BCUT2D eigenvalue weighted by atomic mass is 32.2. The van der Waals surface area contributed by atoms with Crippen LogP contribution in [0.5, 0.6) is 5.75 Å². The number of benzene rings is 2. The quantitative estimate of drug-likeness (QED) is 0.635. The van der Waals surface area contributed by atoms with Crippen molar-refractivity contribution in [3.05, 3.63) is 54.1 Å². The van der Waals surface area contributed by atoms with Gasteiger partial charge in [0.15, 0.2) is 5.17 Å². The van der Waals surface area contributed by atoms with Crippen molar-refractivity contribution in [1.82, 2.24) is 4.90 Å². The molecule has 0 saturated carbocycles. The number of nitrogens with zero attached hydrogens (tertiary/aromatic N) is 3. The molecule has 2 unspecified atom stereocenters. The molecule has 33 heavy (non-hydrogen) atoms. The molecule has 0 aromatic heterocycles. The van der Waals surface area contributed by atoms with Crippen LogP contribution in [0.15, 0.2) is 58.5 Å². The van der Waals surface area contributed by atoms with Crippen LogP contribution in [0.1, 0.15) is 39.2 Å². The number of amidine groups is 2. The number of thioether (sulfide) groups is 1. The molecule has 2 aromatic carbocycles. The van der Waals surface area contributed by atoms with Gasteiger partial charge in [-0.15, -0.1) is 0 Å². The number of hydrogen-bond donors (Lipinski definition) is 1. The first-order chi connectivity index (χ1) is 15.9. The first-order valence-corrected chi connectivity index (χ1v) is 12.0. The fourth-order valence-electron chi connectivity index (χ4n) is 3.83. The summed E-state index contributed by atoms with van der Waals surface area (Å²) in [5.74, 6) is 1.47. The zero-order chi connectivity index (χ0) is 23.5. The van der Waals surface area contributed by atoms with Crippen LogP contribution in [0, 0.1) is 5.92 Å². The molecule has 2 aromatic rings. The molecule has 2 heterocycles. The van der Waals surface area contributed by atoms with Crippen LogP contribution in [0.3, 0.4) is 0 Å². The van der Waals surface area contributed by atoms with Crippen LogP contribution in [0.25, 0.3) is 0 Å². The summed E-state index contributed by atoms with van der Waals surface area (Å²) in [5.41, 5.74) is 2.29. The predicted octanol–water partition coefficient (Wildman–Crippen LogP) is 4.85. The lowest BCUT2D eigenvalue weighted by molar-refractivity contribution is -0.125. The Balaban J connectivity index is 1.59. The molecule has 8 heteroatoms. The summed E-state index contributed by atoms with van der Waals surface area (Å²) in [6.07, 6.45) is 1.26. The summed E-state index contributed by atoms with van der Waals surface area (Å²) < 4.78 is 5.17. The van der Waals surface area contributed by atoms with E-state index in [1.54, 1.807) is 36.3 Å². The highest BCUT2D eigenvalue weighted by Crippen LogP contribution is 2.36. The van der Waals surface area contributed by atoms with E-state index in [4.69, 9.17) is 14.7 Å². The molecule has 0 fully saturated rings. The standard InChI is InChI=1S/C25H28N4O3S/c1-5-21(23(30)26-16-10-12-17(32-4)13-11-16)33-25-28-19-9-7-6-8-18(19)22-27-20(14-15(2)3)24(31)29(22)25/h6-13,15,20-21H,5,14H2,1-4H3,(H,26,30). The van der Waals surface area contributed by atoms with Crippen molar-refractivity contribution in [1.29, 1.82) is 0 Å². The molecular weight excluding hydrogens is 436 g/mol. The van der Waals surface area contributed by atoms with E-state index in [2.05, 4.69) is 19.2 Å². The van der Waals surface area contributed by atoms with E-state index in [9.17, 15) is 9.59 Å². The first kappa shape index (κ1) is 23.0. The Morgan fingerprint density at radius 3 is 2.58 bits per heavy atom. The van der Waals surface area contributed by atoms with Gasteiger partial charge in [0.05, 0.1) is 18.0 Å². The van der Waals surface area contributed by atoms with E-state index in [1.165, 1.54) is 11.8 Å². The van der Waals surface area contributed by atoms with E-state index in [0.29, 0.717) is 35.5 Å². The van der Waals surface area contributed by atoms with Gasteiger partial charge in [0.2, 0.25) is 5.91 Å². The van der Waals surface area contributed by atoms with Crippen molar-refractivity contribution >= 4 is 46.0 Å². The Labute approximate surface area is 198 Å². The Hall–Kier alpha value is -3.13. The van der Waals surface area contributed by atoms with Gasteiger partial charge in [0.25, 0.3) is 5.91 Å². The van der Waals surface area contributed by atoms with Gasteiger partial charge in [-0.25, -0.2) is 9.89 Å². The van der Waals surface area contributed by atoms with Gasteiger partial charge in [-0.05, 0) is 55.2 Å². The summed E-state index contributed by atoms with van der Waals surface area (Å²) in [6, 6.07) is 14.5. The third-order valence-electron chi connectivity index (χ3n) is 5.51. The van der Waals surface area contributed by atoms with Crippen molar-refractivity contribution in [2.24, 2.45) is 15.9 Å². The minimum Gasteiger partial charge on any atom is -0.497 e. The van der Waals surface area contributed by atoms with Gasteiger partial charge in [0.1, 0.15) is 17.6 Å². The number of methoxy groups -OCH3 is 1. The van der Waals surface area contributed by atoms with Gasteiger partial charge < -0.3 is 10.1 Å². The topological polar surface area (TPSA) is 83.4 Å². The molecule has 0 aliphatic carbocycles. The van der Waals surface area contributed by atoms with Crippen molar-refractivity contribution in [2.45, 2.75) is 44.9 Å². The van der Waals surface area contributed by atoms with Gasteiger partial charge in [-0.2, -0.15) is 0 Å². The van der Waals surface area contributed by atoms with Crippen LogP contribution in [-0.2, 0) is 9.59 Å². The van der Waals surface area contributed by atoms with Crippen LogP contribution < -0.4 is 10.1 Å². The number of rotatable bonds is 7. The fraction of sp³-hybridized carbons (Fsp3) is 0.360. The number of carbonyl (C=O) groups is 2. The summed E-state index contributed by atoms with van der Waals surface area (Å²) >= 11 is 1.30. The third kappa shape index (κ3) is 4.80. The average molecular weight is 465 g/mol. The largest absolute Gasteiger partial charge is 0.497 e. The molecule has 0 saturated heterocycles. The molecule has 2 aliphatic rings. The van der Waals surface area contributed by atoms with Crippen LogP contribution in [0.2, 0.25) is 0 Å². The van der Waals surface area contributed by atoms with Gasteiger partial charge >= 0.3 is 0 Å². The molecule has 0 radical (unpaired) electrons. The number of hydrogen-bond acceptors (Lipinski definition) is 6. The fourth-order valence-corrected chi connectivity index (χ4v) is 4.85. The number of nitrogens with one attached hydrogen (secondary N) is 1. The van der Waals surface area contributed by atoms with Gasteiger partial charge in [-0.3, -0.25) is 14.6 Å². The van der Waals surface area contributed by atoms with E-state index in [1.807, 2.05) is 31.2 Å². The zero-order valence-electron chi connectivity index (χ0n) is 19.2. The summed E-state index contributed by atoms with van der Waals surface area (Å²) in [4.78, 5) is 37.5. The SMILES string of the molecule is CCC(SC1=Nc2ccccc2C2=NC(CC(C)C)C(=O)N12)C(=O)Nc1ccc(OC)cc1. The molecule has 172 valence electrons. The molecule has 2 atom stereocenters. The first-order valence-electron chi connectivity index (χ1n) is 11.1. The highest BCUT2D eigenvalue weighted by molar-refractivity contribution is 8.15. The number of fused-ring (bicyclic) bond motifs is 3. The Kier molecular flexibility index (Phi) is 6.83. The minimum atomic E-state index is -0.426. The summed E-state index contributed by atoms with van der Waals surface area (Å²) in [5, 5.41) is 3.03. The highest BCUT2D eigenvalue weighted by Gasteiger charge is 2.42. The number of aliphatic imine (C=N–C) groups is 2. The minimum absolute atomic E-state index is 0.0788. The molecular formula is C25H28N4O3S. The number of amides is 2. The van der Waals surface area contributed by atoms with Crippen molar-refractivity contribution < 1.29 is 14.3 Å². The van der Waals surface area contributed by atoms with Crippen molar-refractivity contribution in [2.75, 3.05) is 12.4 Å². The van der Waals surface area contributed by atoms with Gasteiger partial charge in [0, 0.05) is 11.3 Å². The number of carbonyl (C=O) groups excluding carboxylic acids is 2. The van der Waals surface area contributed by atoms with Crippen LogP contribution in [-0.4, -0.2) is 46.1 Å². The summed E-state index contributed by atoms with van der Waals surface area (Å²) in [7, 11) is 1.60. The predicted molar refractivity (Wildman–Crippen MR) is 133 cm³/mol. The molecule has 2 amide bonds. The van der Waals surface area contributed by atoms with Crippen LogP contribution >= 0.6 is 11.8 Å². The molecule has 2 aliphatic heterocycles. The van der Waals surface area contributed by atoms with E-state index in [0.717, 1.165) is 17.0 Å². The summed E-state index contributed by atoms with van der Waals surface area (Å²) in [6.45, 7) is 6.11. The Bertz CT molecular complexity index is 1110. The lowest BCUT2D eigenvalue weighted by Gasteiger charge is -2.27. The maximum atomic E-state index is 13.3. The normalized spacial score (nSPS) is 17.8. The Morgan fingerprint density at radius 1 is 1.18 bits per heavy atom. The van der Waals surface area contributed by atoms with Crippen LogP contribution in [0.4, 0.5) is 11.4 Å². The number of para-hydroxylation sites is 1. The smallest absolute Gasteiger partial charge is 0.259 e. The zero-order valence-corrected chi connectivity index (χ0v) is 20.1. The molecule has 1 N–H and O–H groups in total. The lowest BCUT2D eigenvalue weighted by atomic mass is 10.0. The molecule has 4 rings (SSSR count). The molecule has 0 spiro atoms.